The first-order chi connectivity index (χ1) is 8.52. The highest BCUT2D eigenvalue weighted by atomic mass is 15.1. The van der Waals surface area contributed by atoms with Gasteiger partial charge in [0.25, 0.3) is 0 Å². The topological polar surface area (TPSA) is 27.0 Å². The van der Waals surface area contributed by atoms with E-state index in [0.29, 0.717) is 0 Å². The van der Waals surface area contributed by atoms with Crippen LogP contribution in [0.5, 0.6) is 0 Å². The fraction of sp³-hybridized carbons (Fsp3) is 0.562. The first-order valence-corrected chi connectivity index (χ1v) is 6.76. The molecule has 0 radical (unpaired) electrons. The highest BCUT2D eigenvalue weighted by Crippen LogP contribution is 2.33. The van der Waals surface area contributed by atoms with E-state index >= 15 is 0 Å². The molecule has 1 aliphatic heterocycles. The molecule has 0 aromatic heterocycles. The highest BCUT2D eigenvalue weighted by molar-refractivity contribution is 5.56. The summed E-state index contributed by atoms with van der Waals surface area (Å²) in [6, 6.07) is 11.1. The monoisotopic (exact) mass is 242 g/mol. The van der Waals surface area contributed by atoms with Crippen molar-refractivity contribution in [3.63, 3.8) is 0 Å². The van der Waals surface area contributed by atoms with Gasteiger partial charge in [-0.3, -0.25) is 0 Å². The average Bonchev–Trinajstić information content (AvgIpc) is 2.38. The standard InChI is InChI=1S/C16H22N2/c1-16(2,3)14-6-4-5-7-15(14)18-10-8-13(12-17)9-11-18/h4-7,13H,8-11H2,1-3H3. The number of rotatable bonds is 1. The van der Waals surface area contributed by atoms with Gasteiger partial charge in [-0.15, -0.1) is 0 Å². The fourth-order valence-electron chi connectivity index (χ4n) is 2.63. The number of para-hydroxylation sites is 1. The molecule has 96 valence electrons. The molecule has 2 rings (SSSR count). The van der Waals surface area contributed by atoms with Crippen LogP contribution in [0.1, 0.15) is 39.2 Å². The number of nitriles is 1. The summed E-state index contributed by atoms with van der Waals surface area (Å²) in [5, 5.41) is 8.96. The van der Waals surface area contributed by atoms with E-state index < -0.39 is 0 Å². The zero-order valence-electron chi connectivity index (χ0n) is 11.6. The molecular formula is C16H22N2. The Bertz CT molecular complexity index is 443. The van der Waals surface area contributed by atoms with E-state index in [4.69, 9.17) is 5.26 Å². The van der Waals surface area contributed by atoms with Crippen LogP contribution in [0.15, 0.2) is 24.3 Å². The molecule has 18 heavy (non-hydrogen) atoms. The summed E-state index contributed by atoms with van der Waals surface area (Å²) in [5.41, 5.74) is 2.92. The second kappa shape index (κ2) is 5.02. The maximum absolute atomic E-state index is 8.96. The fourth-order valence-corrected chi connectivity index (χ4v) is 2.63. The first kappa shape index (κ1) is 13.0. The van der Waals surface area contributed by atoms with Gasteiger partial charge in [0.2, 0.25) is 0 Å². The zero-order valence-corrected chi connectivity index (χ0v) is 11.6. The Morgan fingerprint density at radius 3 is 2.33 bits per heavy atom. The van der Waals surface area contributed by atoms with Gasteiger partial charge >= 0.3 is 0 Å². The van der Waals surface area contributed by atoms with E-state index in [-0.39, 0.29) is 11.3 Å². The van der Waals surface area contributed by atoms with E-state index in [2.05, 4.69) is 56.0 Å². The molecule has 1 heterocycles. The van der Waals surface area contributed by atoms with E-state index in [1.807, 2.05) is 0 Å². The summed E-state index contributed by atoms with van der Waals surface area (Å²) in [4.78, 5) is 2.44. The second-order valence-corrected chi connectivity index (χ2v) is 6.16. The number of nitrogens with zero attached hydrogens (tertiary/aromatic N) is 2. The van der Waals surface area contributed by atoms with Crippen molar-refractivity contribution in [1.29, 1.82) is 5.26 Å². The molecule has 0 amide bonds. The van der Waals surface area contributed by atoms with Crippen LogP contribution in [-0.2, 0) is 5.41 Å². The summed E-state index contributed by atoms with van der Waals surface area (Å²) >= 11 is 0. The third-order valence-electron chi connectivity index (χ3n) is 3.73. The summed E-state index contributed by atoms with van der Waals surface area (Å²) in [6.45, 7) is 8.78. The number of benzene rings is 1. The van der Waals surface area contributed by atoms with Gasteiger partial charge in [0, 0.05) is 24.7 Å². The molecule has 1 aromatic rings. The van der Waals surface area contributed by atoms with Crippen molar-refractivity contribution in [1.82, 2.24) is 0 Å². The molecule has 0 bridgehead atoms. The molecule has 2 heteroatoms. The molecular weight excluding hydrogens is 220 g/mol. The van der Waals surface area contributed by atoms with Crippen LogP contribution in [0.3, 0.4) is 0 Å². The molecule has 1 aliphatic rings. The third-order valence-corrected chi connectivity index (χ3v) is 3.73. The van der Waals surface area contributed by atoms with Crippen molar-refractivity contribution in [2.24, 2.45) is 5.92 Å². The lowest BCUT2D eigenvalue weighted by Gasteiger charge is -2.35. The predicted molar refractivity (Wildman–Crippen MR) is 75.7 cm³/mol. The molecule has 0 atom stereocenters. The van der Waals surface area contributed by atoms with Crippen LogP contribution >= 0.6 is 0 Å². The van der Waals surface area contributed by atoms with Gasteiger partial charge < -0.3 is 4.90 Å². The zero-order chi connectivity index (χ0) is 13.2. The quantitative estimate of drug-likeness (QED) is 0.750. The SMILES string of the molecule is CC(C)(C)c1ccccc1N1CCC(C#N)CC1. The van der Waals surface area contributed by atoms with E-state index in [1.54, 1.807) is 0 Å². The van der Waals surface area contributed by atoms with Crippen LogP contribution in [0.2, 0.25) is 0 Å². The second-order valence-electron chi connectivity index (χ2n) is 6.16. The molecule has 0 N–H and O–H groups in total. The van der Waals surface area contributed by atoms with E-state index in [0.717, 1.165) is 25.9 Å². The van der Waals surface area contributed by atoms with Crippen molar-refractivity contribution in [2.45, 2.75) is 39.0 Å². The Morgan fingerprint density at radius 1 is 1.17 bits per heavy atom. The van der Waals surface area contributed by atoms with Crippen LogP contribution in [0.25, 0.3) is 0 Å². The van der Waals surface area contributed by atoms with E-state index in [9.17, 15) is 0 Å². The van der Waals surface area contributed by atoms with Crippen molar-refractivity contribution in [2.75, 3.05) is 18.0 Å². The van der Waals surface area contributed by atoms with Gasteiger partial charge in [-0.2, -0.15) is 5.26 Å². The summed E-state index contributed by atoms with van der Waals surface area (Å²) in [7, 11) is 0. The Labute approximate surface area is 110 Å². The molecule has 1 saturated heterocycles. The van der Waals surface area contributed by atoms with Crippen LogP contribution < -0.4 is 4.90 Å². The highest BCUT2D eigenvalue weighted by Gasteiger charge is 2.24. The van der Waals surface area contributed by atoms with E-state index in [1.165, 1.54) is 11.3 Å². The largest absolute Gasteiger partial charge is 0.371 e. The normalized spacial score (nSPS) is 17.6. The number of hydrogen-bond acceptors (Lipinski definition) is 2. The van der Waals surface area contributed by atoms with Crippen LogP contribution in [0, 0.1) is 17.2 Å². The number of anilines is 1. The summed E-state index contributed by atoms with van der Waals surface area (Å²) in [6.07, 6.45) is 1.99. The third kappa shape index (κ3) is 2.67. The maximum Gasteiger partial charge on any atom is 0.0657 e. The minimum Gasteiger partial charge on any atom is -0.371 e. The maximum atomic E-state index is 8.96. The molecule has 0 unspecified atom stereocenters. The molecule has 0 spiro atoms. The average molecular weight is 242 g/mol. The Morgan fingerprint density at radius 2 is 1.78 bits per heavy atom. The minimum atomic E-state index is 0.169. The van der Waals surface area contributed by atoms with Crippen LogP contribution in [0.4, 0.5) is 5.69 Å². The molecule has 0 saturated carbocycles. The minimum absolute atomic E-state index is 0.169. The summed E-state index contributed by atoms with van der Waals surface area (Å²) in [5.74, 6) is 0.253. The Balaban J connectivity index is 2.22. The van der Waals surface area contributed by atoms with Crippen molar-refractivity contribution in [3.8, 4) is 6.07 Å². The smallest absolute Gasteiger partial charge is 0.0657 e. The van der Waals surface area contributed by atoms with Crippen molar-refractivity contribution in [3.05, 3.63) is 29.8 Å². The molecule has 1 fully saturated rings. The molecule has 1 aromatic carbocycles. The molecule has 0 aliphatic carbocycles. The first-order valence-electron chi connectivity index (χ1n) is 6.76. The summed E-state index contributed by atoms with van der Waals surface area (Å²) < 4.78 is 0. The van der Waals surface area contributed by atoms with Crippen molar-refractivity contribution < 1.29 is 0 Å². The lowest BCUT2D eigenvalue weighted by atomic mass is 9.85. The lowest BCUT2D eigenvalue weighted by molar-refractivity contribution is 0.483. The molecule has 2 nitrogen and oxygen atoms in total. The number of hydrogen-bond donors (Lipinski definition) is 0. The van der Waals surface area contributed by atoms with Crippen molar-refractivity contribution >= 4 is 5.69 Å². The van der Waals surface area contributed by atoms with Gasteiger partial charge in [0.05, 0.1) is 6.07 Å². The van der Waals surface area contributed by atoms with Gasteiger partial charge in [-0.1, -0.05) is 39.0 Å². The Hall–Kier alpha value is -1.49. The predicted octanol–water partition coefficient (Wildman–Crippen LogP) is 3.72. The lowest BCUT2D eigenvalue weighted by Crippen LogP contribution is -2.34. The Kier molecular flexibility index (Phi) is 3.61. The van der Waals surface area contributed by atoms with Gasteiger partial charge in [0.15, 0.2) is 0 Å². The van der Waals surface area contributed by atoms with Gasteiger partial charge in [-0.05, 0) is 29.9 Å². The van der Waals surface area contributed by atoms with Gasteiger partial charge in [0.1, 0.15) is 0 Å². The number of piperidine rings is 1. The van der Waals surface area contributed by atoms with Gasteiger partial charge in [-0.25, -0.2) is 0 Å². The van der Waals surface area contributed by atoms with Crippen LogP contribution in [-0.4, -0.2) is 13.1 Å².